The summed E-state index contributed by atoms with van der Waals surface area (Å²) in [5.41, 5.74) is 2.87. The van der Waals surface area contributed by atoms with Crippen LogP contribution in [0, 0.1) is 0 Å². The van der Waals surface area contributed by atoms with Crippen LogP contribution in [0.2, 0.25) is 0 Å². The molecule has 0 unspecified atom stereocenters. The van der Waals surface area contributed by atoms with Gasteiger partial charge < -0.3 is 0 Å². The first-order valence-electron chi connectivity index (χ1n) is 7.94. The topological polar surface area (TPSA) is 23.6 Å². The minimum Gasteiger partial charge on any atom is -0.300 e. The van der Waals surface area contributed by atoms with Crippen molar-refractivity contribution in [2.24, 2.45) is 0 Å². The Hall–Kier alpha value is -1.84. The Morgan fingerprint density at radius 2 is 1.61 bits per heavy atom. The van der Waals surface area contributed by atoms with E-state index in [1.54, 1.807) is 4.90 Å². The largest absolute Gasteiger partial charge is 0.300 e. The summed E-state index contributed by atoms with van der Waals surface area (Å²) < 4.78 is 0. The third kappa shape index (κ3) is 4.57. The molecule has 1 amide bonds. The zero-order valence-electron chi connectivity index (χ0n) is 13.7. The minimum absolute atomic E-state index is 0.0465. The molecule has 0 aliphatic carbocycles. The van der Waals surface area contributed by atoms with Crippen molar-refractivity contribution in [2.75, 3.05) is 23.9 Å². The maximum absolute atomic E-state index is 12.3. The first-order valence-corrected chi connectivity index (χ1v) is 8.48. The van der Waals surface area contributed by atoms with Gasteiger partial charge in [-0.05, 0) is 42.9 Å². The molecule has 4 heteroatoms. The molecule has 0 aromatic heterocycles. The Kier molecular flexibility index (Phi) is 6.63. The van der Waals surface area contributed by atoms with E-state index in [9.17, 15) is 4.79 Å². The highest BCUT2D eigenvalue weighted by molar-refractivity contribution is 6.30. The van der Waals surface area contributed by atoms with Gasteiger partial charge in [0.25, 0.3) is 0 Å². The van der Waals surface area contributed by atoms with Crippen molar-refractivity contribution in [1.29, 1.82) is 0 Å². The molecule has 0 saturated carbocycles. The molecule has 2 rings (SSSR count). The Balaban J connectivity index is 2.34. The van der Waals surface area contributed by atoms with Crippen molar-refractivity contribution in [3.05, 3.63) is 60.2 Å². The molecule has 0 aliphatic rings. The molecule has 122 valence electrons. The summed E-state index contributed by atoms with van der Waals surface area (Å²) in [6.45, 7) is 7.19. The van der Waals surface area contributed by atoms with Crippen LogP contribution >= 0.6 is 11.6 Å². The van der Waals surface area contributed by atoms with Gasteiger partial charge in [-0.3, -0.25) is 14.6 Å². The maximum Gasteiger partial charge on any atom is 0.246 e. The number of carbonyl (C=O) groups is 1. The lowest BCUT2D eigenvalue weighted by Gasteiger charge is -2.24. The van der Waals surface area contributed by atoms with Crippen LogP contribution in [0.5, 0.6) is 0 Å². The van der Waals surface area contributed by atoms with Crippen molar-refractivity contribution >= 4 is 28.9 Å². The van der Waals surface area contributed by atoms with Gasteiger partial charge in [-0.1, -0.05) is 44.2 Å². The second-order valence-electron chi connectivity index (χ2n) is 5.33. The van der Waals surface area contributed by atoms with E-state index in [-0.39, 0.29) is 11.8 Å². The second-order valence-corrected chi connectivity index (χ2v) is 5.60. The molecule has 23 heavy (non-hydrogen) atoms. The van der Waals surface area contributed by atoms with E-state index in [0.29, 0.717) is 0 Å². The minimum atomic E-state index is -0.127. The average molecular weight is 331 g/mol. The third-order valence-corrected chi connectivity index (χ3v) is 4.08. The Morgan fingerprint density at radius 1 is 0.957 bits per heavy atom. The Labute approximate surface area is 143 Å². The SMILES string of the molecule is CCN(CC)Cc1cccc(N(C(=O)CCl)c2ccccc2)c1. The molecular formula is C19H23ClN2O. The highest BCUT2D eigenvalue weighted by Gasteiger charge is 2.17. The lowest BCUT2D eigenvalue weighted by Crippen LogP contribution is -2.27. The summed E-state index contributed by atoms with van der Waals surface area (Å²) in [6, 6.07) is 17.7. The van der Waals surface area contributed by atoms with Gasteiger partial charge in [-0.2, -0.15) is 0 Å². The number of anilines is 2. The predicted octanol–water partition coefficient (Wildman–Crippen LogP) is 4.43. The normalized spacial score (nSPS) is 10.8. The van der Waals surface area contributed by atoms with Crippen LogP contribution in [0.3, 0.4) is 0 Å². The summed E-state index contributed by atoms with van der Waals surface area (Å²) in [5.74, 6) is -0.173. The molecule has 2 aromatic rings. The van der Waals surface area contributed by atoms with Crippen LogP contribution in [-0.2, 0) is 11.3 Å². The molecule has 0 N–H and O–H groups in total. The van der Waals surface area contributed by atoms with E-state index in [1.807, 2.05) is 42.5 Å². The third-order valence-electron chi connectivity index (χ3n) is 3.85. The number of carbonyl (C=O) groups excluding carboxylic acids is 1. The number of amides is 1. The van der Waals surface area contributed by atoms with Gasteiger partial charge >= 0.3 is 0 Å². The fraction of sp³-hybridized carbons (Fsp3) is 0.316. The zero-order valence-corrected chi connectivity index (χ0v) is 14.5. The monoisotopic (exact) mass is 330 g/mol. The number of rotatable bonds is 7. The molecule has 0 heterocycles. The standard InChI is InChI=1S/C19H23ClN2O/c1-3-21(4-2)15-16-9-8-12-18(13-16)22(19(23)14-20)17-10-6-5-7-11-17/h5-13H,3-4,14-15H2,1-2H3. The molecule has 0 aliphatic heterocycles. The van der Waals surface area contributed by atoms with Gasteiger partial charge in [0, 0.05) is 17.9 Å². The number of alkyl halides is 1. The second kappa shape index (κ2) is 8.70. The number of nitrogens with zero attached hydrogens (tertiary/aromatic N) is 2. The van der Waals surface area contributed by atoms with Gasteiger partial charge in [0.1, 0.15) is 5.88 Å². The molecular weight excluding hydrogens is 308 g/mol. The first kappa shape index (κ1) is 17.5. The van der Waals surface area contributed by atoms with Crippen LogP contribution in [0.25, 0.3) is 0 Å². The average Bonchev–Trinajstić information content (AvgIpc) is 2.61. The quantitative estimate of drug-likeness (QED) is 0.701. The Bertz CT molecular complexity index is 626. The van der Waals surface area contributed by atoms with E-state index >= 15 is 0 Å². The lowest BCUT2D eigenvalue weighted by atomic mass is 10.1. The van der Waals surface area contributed by atoms with E-state index in [0.717, 1.165) is 31.0 Å². The van der Waals surface area contributed by atoms with E-state index in [2.05, 4.69) is 30.9 Å². The molecule has 0 atom stereocenters. The summed E-state index contributed by atoms with van der Waals surface area (Å²) >= 11 is 5.82. The zero-order chi connectivity index (χ0) is 16.7. The van der Waals surface area contributed by atoms with Gasteiger partial charge in [-0.25, -0.2) is 0 Å². The molecule has 0 fully saturated rings. The fourth-order valence-electron chi connectivity index (χ4n) is 2.57. The van der Waals surface area contributed by atoms with Crippen molar-refractivity contribution in [3.8, 4) is 0 Å². The van der Waals surface area contributed by atoms with E-state index < -0.39 is 0 Å². The smallest absolute Gasteiger partial charge is 0.246 e. The van der Waals surface area contributed by atoms with E-state index in [1.165, 1.54) is 5.56 Å². The molecule has 0 radical (unpaired) electrons. The maximum atomic E-state index is 12.3. The van der Waals surface area contributed by atoms with Crippen LogP contribution in [0.1, 0.15) is 19.4 Å². The Morgan fingerprint density at radius 3 is 2.22 bits per heavy atom. The van der Waals surface area contributed by atoms with Crippen LogP contribution < -0.4 is 4.90 Å². The molecule has 0 spiro atoms. The van der Waals surface area contributed by atoms with E-state index in [4.69, 9.17) is 11.6 Å². The predicted molar refractivity (Wildman–Crippen MR) is 97.4 cm³/mol. The highest BCUT2D eigenvalue weighted by atomic mass is 35.5. The molecule has 2 aromatic carbocycles. The molecule has 0 saturated heterocycles. The van der Waals surface area contributed by atoms with Gasteiger partial charge in [0.2, 0.25) is 5.91 Å². The molecule has 3 nitrogen and oxygen atoms in total. The van der Waals surface area contributed by atoms with Crippen molar-refractivity contribution in [2.45, 2.75) is 20.4 Å². The summed E-state index contributed by atoms with van der Waals surface area (Å²) in [4.78, 5) is 16.4. The molecule has 0 bridgehead atoms. The number of halogens is 1. The first-order chi connectivity index (χ1) is 11.2. The van der Waals surface area contributed by atoms with Crippen molar-refractivity contribution < 1.29 is 4.79 Å². The summed E-state index contributed by atoms with van der Waals surface area (Å²) in [7, 11) is 0. The van der Waals surface area contributed by atoms with Crippen molar-refractivity contribution in [1.82, 2.24) is 4.90 Å². The summed E-state index contributed by atoms with van der Waals surface area (Å²) in [6.07, 6.45) is 0. The van der Waals surface area contributed by atoms with Gasteiger partial charge in [0.15, 0.2) is 0 Å². The summed E-state index contributed by atoms with van der Waals surface area (Å²) in [5, 5.41) is 0. The number of hydrogen-bond acceptors (Lipinski definition) is 2. The lowest BCUT2D eigenvalue weighted by molar-refractivity contribution is -0.115. The van der Waals surface area contributed by atoms with Crippen molar-refractivity contribution in [3.63, 3.8) is 0 Å². The highest BCUT2D eigenvalue weighted by Crippen LogP contribution is 2.26. The fourth-order valence-corrected chi connectivity index (χ4v) is 2.69. The van der Waals surface area contributed by atoms with Gasteiger partial charge in [-0.15, -0.1) is 11.6 Å². The number of benzene rings is 2. The number of hydrogen-bond donors (Lipinski definition) is 0. The number of para-hydroxylation sites is 1. The van der Waals surface area contributed by atoms with Crippen LogP contribution in [0.15, 0.2) is 54.6 Å². The van der Waals surface area contributed by atoms with Crippen LogP contribution in [-0.4, -0.2) is 29.8 Å². The van der Waals surface area contributed by atoms with Gasteiger partial charge in [0.05, 0.1) is 0 Å². The van der Waals surface area contributed by atoms with Crippen LogP contribution in [0.4, 0.5) is 11.4 Å².